The Morgan fingerprint density at radius 1 is 1.17 bits per heavy atom. The molecule has 0 amide bonds. The quantitative estimate of drug-likeness (QED) is 0.612. The van der Waals surface area contributed by atoms with E-state index in [1.54, 1.807) is 11.8 Å². The average molecular weight is 262 g/mol. The molecular formula is C14H18N2OS. The number of hydrogen-bond donors (Lipinski definition) is 1. The molecule has 0 aromatic carbocycles. The van der Waals surface area contributed by atoms with Gasteiger partial charge in [-0.2, -0.15) is 0 Å². The zero-order valence-corrected chi connectivity index (χ0v) is 11.4. The molecule has 2 heterocycles. The van der Waals surface area contributed by atoms with Crippen LogP contribution in [0, 0.1) is 0 Å². The first-order chi connectivity index (χ1) is 8.88. The maximum Gasteiger partial charge on any atom is 0.118 e. The SMILES string of the molecule is CCCNCc1ccc(CSc2ccncc2)o1. The van der Waals surface area contributed by atoms with Crippen molar-refractivity contribution in [1.82, 2.24) is 10.3 Å². The summed E-state index contributed by atoms with van der Waals surface area (Å²) in [4.78, 5) is 5.22. The van der Waals surface area contributed by atoms with E-state index in [9.17, 15) is 0 Å². The molecule has 0 aliphatic heterocycles. The molecule has 0 radical (unpaired) electrons. The first kappa shape index (κ1) is 13.2. The van der Waals surface area contributed by atoms with Gasteiger partial charge in [0, 0.05) is 17.3 Å². The zero-order valence-electron chi connectivity index (χ0n) is 10.6. The second-order valence-electron chi connectivity index (χ2n) is 4.02. The highest BCUT2D eigenvalue weighted by Gasteiger charge is 2.02. The Morgan fingerprint density at radius 3 is 2.72 bits per heavy atom. The van der Waals surface area contributed by atoms with Gasteiger partial charge in [0.1, 0.15) is 11.5 Å². The lowest BCUT2D eigenvalue weighted by Crippen LogP contribution is -2.12. The van der Waals surface area contributed by atoms with E-state index in [0.717, 1.165) is 36.8 Å². The molecule has 96 valence electrons. The summed E-state index contributed by atoms with van der Waals surface area (Å²) < 4.78 is 5.75. The second-order valence-corrected chi connectivity index (χ2v) is 5.07. The summed E-state index contributed by atoms with van der Waals surface area (Å²) >= 11 is 1.76. The van der Waals surface area contributed by atoms with Crippen molar-refractivity contribution in [2.75, 3.05) is 6.54 Å². The first-order valence-corrected chi connectivity index (χ1v) is 7.18. The molecule has 2 aromatic rings. The first-order valence-electron chi connectivity index (χ1n) is 6.19. The number of hydrogen-bond acceptors (Lipinski definition) is 4. The third-order valence-corrected chi connectivity index (χ3v) is 3.51. The summed E-state index contributed by atoms with van der Waals surface area (Å²) in [6.45, 7) is 4.00. The molecule has 2 aromatic heterocycles. The molecule has 3 nitrogen and oxygen atoms in total. The Kier molecular flexibility index (Phi) is 5.30. The minimum absolute atomic E-state index is 0.813. The van der Waals surface area contributed by atoms with Gasteiger partial charge < -0.3 is 9.73 Å². The standard InChI is InChI=1S/C14H18N2OS/c1-2-7-16-10-12-3-4-13(17-12)11-18-14-5-8-15-9-6-14/h3-6,8-9,16H,2,7,10-11H2,1H3. The summed E-state index contributed by atoms with van der Waals surface area (Å²) in [6.07, 6.45) is 4.76. The number of pyridine rings is 1. The summed E-state index contributed by atoms with van der Waals surface area (Å²) in [5.41, 5.74) is 0. The van der Waals surface area contributed by atoms with Crippen LogP contribution in [0.3, 0.4) is 0 Å². The predicted octanol–water partition coefficient (Wildman–Crippen LogP) is 3.47. The van der Waals surface area contributed by atoms with Crippen molar-refractivity contribution in [3.05, 3.63) is 48.2 Å². The van der Waals surface area contributed by atoms with Gasteiger partial charge in [0.25, 0.3) is 0 Å². The van der Waals surface area contributed by atoms with Gasteiger partial charge in [0.05, 0.1) is 12.3 Å². The van der Waals surface area contributed by atoms with E-state index < -0.39 is 0 Å². The molecule has 0 spiro atoms. The van der Waals surface area contributed by atoms with E-state index in [1.807, 2.05) is 30.6 Å². The lowest BCUT2D eigenvalue weighted by molar-refractivity contribution is 0.459. The van der Waals surface area contributed by atoms with Gasteiger partial charge in [-0.15, -0.1) is 11.8 Å². The van der Waals surface area contributed by atoms with Crippen LogP contribution in [0.2, 0.25) is 0 Å². The zero-order chi connectivity index (χ0) is 12.6. The van der Waals surface area contributed by atoms with E-state index in [4.69, 9.17) is 4.42 Å². The van der Waals surface area contributed by atoms with Gasteiger partial charge in [0.15, 0.2) is 0 Å². The molecule has 18 heavy (non-hydrogen) atoms. The normalized spacial score (nSPS) is 10.7. The van der Waals surface area contributed by atoms with Crippen LogP contribution in [0.4, 0.5) is 0 Å². The van der Waals surface area contributed by atoms with Crippen molar-refractivity contribution in [3.8, 4) is 0 Å². The molecule has 0 aliphatic carbocycles. The molecular weight excluding hydrogens is 244 g/mol. The number of nitrogens with zero attached hydrogens (tertiary/aromatic N) is 1. The van der Waals surface area contributed by atoms with Crippen LogP contribution in [-0.4, -0.2) is 11.5 Å². The van der Waals surface area contributed by atoms with Crippen LogP contribution >= 0.6 is 11.8 Å². The smallest absolute Gasteiger partial charge is 0.118 e. The Labute approximate surface area is 112 Å². The fourth-order valence-corrected chi connectivity index (χ4v) is 2.35. The number of furan rings is 1. The van der Waals surface area contributed by atoms with Crippen LogP contribution in [0.25, 0.3) is 0 Å². The van der Waals surface area contributed by atoms with Gasteiger partial charge in [-0.05, 0) is 37.2 Å². The number of thioether (sulfide) groups is 1. The molecule has 1 N–H and O–H groups in total. The van der Waals surface area contributed by atoms with Gasteiger partial charge in [-0.1, -0.05) is 6.92 Å². The molecule has 0 aliphatic rings. The summed E-state index contributed by atoms with van der Waals surface area (Å²) in [6, 6.07) is 8.12. The molecule has 0 bridgehead atoms. The third kappa shape index (κ3) is 4.20. The minimum Gasteiger partial charge on any atom is -0.464 e. The maximum atomic E-state index is 5.75. The Hall–Kier alpha value is -1.26. The second kappa shape index (κ2) is 7.24. The van der Waals surface area contributed by atoms with Gasteiger partial charge in [-0.3, -0.25) is 4.98 Å². The Bertz CT molecular complexity index is 456. The molecule has 0 fully saturated rings. The molecule has 0 saturated carbocycles. The minimum atomic E-state index is 0.813. The average Bonchev–Trinajstić information content (AvgIpc) is 2.86. The van der Waals surface area contributed by atoms with E-state index in [0.29, 0.717) is 0 Å². The number of aromatic nitrogens is 1. The number of nitrogens with one attached hydrogen (secondary N) is 1. The lowest BCUT2D eigenvalue weighted by atomic mass is 10.4. The highest BCUT2D eigenvalue weighted by atomic mass is 32.2. The van der Waals surface area contributed by atoms with Gasteiger partial charge >= 0.3 is 0 Å². The molecule has 0 atom stereocenters. The highest BCUT2D eigenvalue weighted by Crippen LogP contribution is 2.22. The Balaban J connectivity index is 1.80. The third-order valence-electron chi connectivity index (χ3n) is 2.47. The topological polar surface area (TPSA) is 38.1 Å². The molecule has 2 rings (SSSR count). The molecule has 0 saturated heterocycles. The fourth-order valence-electron chi connectivity index (χ4n) is 1.57. The van der Waals surface area contributed by atoms with Crippen LogP contribution in [0.1, 0.15) is 24.9 Å². The monoisotopic (exact) mass is 262 g/mol. The lowest BCUT2D eigenvalue weighted by Gasteiger charge is -2.00. The largest absolute Gasteiger partial charge is 0.464 e. The predicted molar refractivity (Wildman–Crippen MR) is 74.5 cm³/mol. The van der Waals surface area contributed by atoms with Crippen molar-refractivity contribution >= 4 is 11.8 Å². The van der Waals surface area contributed by atoms with E-state index in [1.165, 1.54) is 4.90 Å². The molecule has 4 heteroatoms. The Morgan fingerprint density at radius 2 is 1.94 bits per heavy atom. The fraction of sp³-hybridized carbons (Fsp3) is 0.357. The number of rotatable bonds is 7. The highest BCUT2D eigenvalue weighted by molar-refractivity contribution is 7.98. The van der Waals surface area contributed by atoms with E-state index in [2.05, 4.69) is 23.3 Å². The summed E-state index contributed by atoms with van der Waals surface area (Å²) in [5.74, 6) is 2.89. The van der Waals surface area contributed by atoms with Crippen molar-refractivity contribution in [3.63, 3.8) is 0 Å². The molecule has 0 unspecified atom stereocenters. The van der Waals surface area contributed by atoms with Gasteiger partial charge in [0.2, 0.25) is 0 Å². The van der Waals surface area contributed by atoms with Crippen LogP contribution in [0.5, 0.6) is 0 Å². The van der Waals surface area contributed by atoms with Crippen molar-refractivity contribution in [1.29, 1.82) is 0 Å². The van der Waals surface area contributed by atoms with Crippen molar-refractivity contribution < 1.29 is 4.42 Å². The van der Waals surface area contributed by atoms with E-state index in [-0.39, 0.29) is 0 Å². The summed E-state index contributed by atoms with van der Waals surface area (Å²) in [7, 11) is 0. The maximum absolute atomic E-state index is 5.75. The van der Waals surface area contributed by atoms with Gasteiger partial charge in [-0.25, -0.2) is 0 Å². The van der Waals surface area contributed by atoms with E-state index >= 15 is 0 Å². The van der Waals surface area contributed by atoms with Crippen molar-refractivity contribution in [2.45, 2.75) is 30.5 Å². The van der Waals surface area contributed by atoms with Crippen molar-refractivity contribution in [2.24, 2.45) is 0 Å². The van der Waals surface area contributed by atoms with Crippen LogP contribution in [0.15, 0.2) is 46.0 Å². The van der Waals surface area contributed by atoms with Crippen LogP contribution < -0.4 is 5.32 Å². The summed E-state index contributed by atoms with van der Waals surface area (Å²) in [5, 5.41) is 3.33. The van der Waals surface area contributed by atoms with Crippen LogP contribution in [-0.2, 0) is 12.3 Å².